The average Bonchev–Trinajstić information content (AvgIpc) is 2.54. The maximum absolute atomic E-state index is 10.1. The summed E-state index contributed by atoms with van der Waals surface area (Å²) in [7, 11) is 0. The Morgan fingerprint density at radius 1 is 1.57 bits per heavy atom. The van der Waals surface area contributed by atoms with Crippen molar-refractivity contribution in [1.82, 2.24) is 5.32 Å². The first-order chi connectivity index (χ1) is 6.52. The highest BCUT2D eigenvalue weighted by Crippen LogP contribution is 2.21. The predicted octanol–water partition coefficient (Wildman–Crippen LogP) is 2.20. The molecule has 0 aromatic carbocycles. The third-order valence-corrected chi connectivity index (χ3v) is 2.85. The van der Waals surface area contributed by atoms with Crippen molar-refractivity contribution in [3.8, 4) is 0 Å². The summed E-state index contributed by atoms with van der Waals surface area (Å²) in [6.45, 7) is 7.73. The van der Waals surface area contributed by atoms with Gasteiger partial charge in [0.1, 0.15) is 0 Å². The molecule has 80 valence electrons. The van der Waals surface area contributed by atoms with E-state index in [-0.39, 0.29) is 0 Å². The van der Waals surface area contributed by atoms with Gasteiger partial charge in [0.25, 0.3) is 0 Å². The minimum absolute atomic E-state index is 0.613. The zero-order valence-corrected chi connectivity index (χ0v) is 9.90. The van der Waals surface area contributed by atoms with Crippen molar-refractivity contribution in [2.45, 2.75) is 26.4 Å². The predicted molar refractivity (Wildman–Crippen MR) is 61.6 cm³/mol. The molecule has 1 heterocycles. The molecule has 3 heteroatoms. The molecule has 0 aliphatic heterocycles. The quantitative estimate of drug-likeness (QED) is 0.786. The Hall–Kier alpha value is -0.380. The SMILES string of the molecule is CC(C)CNCC(C)(O)c1ccsc1. The fourth-order valence-corrected chi connectivity index (χ4v) is 2.06. The van der Waals surface area contributed by atoms with E-state index in [1.54, 1.807) is 11.3 Å². The molecule has 0 aliphatic carbocycles. The van der Waals surface area contributed by atoms with Crippen LogP contribution in [0, 0.1) is 5.92 Å². The van der Waals surface area contributed by atoms with Gasteiger partial charge >= 0.3 is 0 Å². The summed E-state index contributed by atoms with van der Waals surface area (Å²) in [6.07, 6.45) is 0. The molecule has 0 radical (unpaired) electrons. The topological polar surface area (TPSA) is 32.3 Å². The Labute approximate surface area is 90.0 Å². The minimum atomic E-state index is -0.741. The maximum atomic E-state index is 10.1. The van der Waals surface area contributed by atoms with E-state index >= 15 is 0 Å². The molecule has 0 saturated heterocycles. The van der Waals surface area contributed by atoms with Crippen molar-refractivity contribution < 1.29 is 5.11 Å². The number of aliphatic hydroxyl groups is 1. The van der Waals surface area contributed by atoms with Crippen molar-refractivity contribution in [1.29, 1.82) is 0 Å². The van der Waals surface area contributed by atoms with Crippen LogP contribution in [-0.2, 0) is 5.60 Å². The number of nitrogens with one attached hydrogen (secondary N) is 1. The Morgan fingerprint density at radius 3 is 2.79 bits per heavy atom. The van der Waals surface area contributed by atoms with Gasteiger partial charge in [0.15, 0.2) is 0 Å². The van der Waals surface area contributed by atoms with Crippen LogP contribution < -0.4 is 5.32 Å². The first-order valence-electron chi connectivity index (χ1n) is 4.98. The zero-order valence-electron chi connectivity index (χ0n) is 9.08. The van der Waals surface area contributed by atoms with E-state index in [1.807, 2.05) is 23.8 Å². The van der Waals surface area contributed by atoms with Crippen LogP contribution in [0.4, 0.5) is 0 Å². The van der Waals surface area contributed by atoms with Crippen LogP contribution in [0.25, 0.3) is 0 Å². The fourth-order valence-electron chi connectivity index (χ4n) is 1.28. The van der Waals surface area contributed by atoms with Crippen molar-refractivity contribution in [3.63, 3.8) is 0 Å². The fraction of sp³-hybridized carbons (Fsp3) is 0.636. The van der Waals surface area contributed by atoms with Crippen LogP contribution >= 0.6 is 11.3 Å². The molecule has 14 heavy (non-hydrogen) atoms. The third kappa shape index (κ3) is 3.40. The smallest absolute Gasteiger partial charge is 0.1000 e. The van der Waals surface area contributed by atoms with Gasteiger partial charge in [-0.2, -0.15) is 11.3 Å². The molecule has 0 bridgehead atoms. The lowest BCUT2D eigenvalue weighted by atomic mass is 9.99. The number of thiophene rings is 1. The highest BCUT2D eigenvalue weighted by Gasteiger charge is 2.22. The summed E-state index contributed by atoms with van der Waals surface area (Å²) >= 11 is 1.62. The second-order valence-corrected chi connectivity index (χ2v) is 5.09. The zero-order chi connectivity index (χ0) is 10.6. The highest BCUT2D eigenvalue weighted by atomic mass is 32.1. The Bertz CT molecular complexity index is 254. The summed E-state index contributed by atoms with van der Waals surface area (Å²) < 4.78 is 0. The van der Waals surface area contributed by atoms with Gasteiger partial charge in [-0.05, 0) is 41.8 Å². The third-order valence-electron chi connectivity index (χ3n) is 2.16. The molecule has 0 saturated carbocycles. The molecule has 0 fully saturated rings. The van der Waals surface area contributed by atoms with Crippen LogP contribution in [0.3, 0.4) is 0 Å². The van der Waals surface area contributed by atoms with Crippen LogP contribution in [-0.4, -0.2) is 18.2 Å². The second kappa shape index (κ2) is 4.91. The van der Waals surface area contributed by atoms with Gasteiger partial charge in [-0.1, -0.05) is 13.8 Å². The molecular formula is C11H19NOS. The van der Waals surface area contributed by atoms with Crippen LogP contribution in [0.2, 0.25) is 0 Å². The molecule has 1 aromatic heterocycles. The van der Waals surface area contributed by atoms with E-state index in [0.29, 0.717) is 12.5 Å². The van der Waals surface area contributed by atoms with Gasteiger partial charge in [-0.25, -0.2) is 0 Å². The Kier molecular flexibility index (Phi) is 4.11. The molecule has 1 rings (SSSR count). The van der Waals surface area contributed by atoms with E-state index in [1.165, 1.54) is 0 Å². The van der Waals surface area contributed by atoms with E-state index in [9.17, 15) is 5.11 Å². The molecule has 0 aliphatic rings. The lowest BCUT2D eigenvalue weighted by Gasteiger charge is -2.23. The summed E-state index contributed by atoms with van der Waals surface area (Å²) in [5, 5.41) is 17.4. The molecular weight excluding hydrogens is 194 g/mol. The molecule has 0 spiro atoms. The largest absolute Gasteiger partial charge is 0.384 e. The van der Waals surface area contributed by atoms with Crippen LogP contribution in [0.15, 0.2) is 16.8 Å². The highest BCUT2D eigenvalue weighted by molar-refractivity contribution is 7.08. The Morgan fingerprint density at radius 2 is 2.29 bits per heavy atom. The summed E-state index contributed by atoms with van der Waals surface area (Å²) in [6, 6.07) is 1.97. The first kappa shape index (κ1) is 11.7. The summed E-state index contributed by atoms with van der Waals surface area (Å²) in [4.78, 5) is 0. The molecule has 1 aromatic rings. The van der Waals surface area contributed by atoms with Gasteiger partial charge in [0.2, 0.25) is 0 Å². The lowest BCUT2D eigenvalue weighted by molar-refractivity contribution is 0.0568. The first-order valence-corrected chi connectivity index (χ1v) is 5.92. The van der Waals surface area contributed by atoms with Gasteiger partial charge in [0.05, 0.1) is 5.60 Å². The van der Waals surface area contributed by atoms with E-state index < -0.39 is 5.60 Å². The average molecular weight is 213 g/mol. The Balaban J connectivity index is 2.42. The normalized spacial score (nSPS) is 15.8. The summed E-state index contributed by atoms with van der Waals surface area (Å²) in [5.74, 6) is 0.619. The molecule has 2 N–H and O–H groups in total. The molecule has 1 unspecified atom stereocenters. The van der Waals surface area contributed by atoms with Gasteiger partial charge in [-0.15, -0.1) is 0 Å². The standard InChI is InChI=1S/C11H19NOS/c1-9(2)6-12-8-11(3,13)10-4-5-14-7-10/h4-5,7,9,12-13H,6,8H2,1-3H3. The van der Waals surface area contributed by atoms with Crippen LogP contribution in [0.5, 0.6) is 0 Å². The lowest BCUT2D eigenvalue weighted by Crippen LogP contribution is -2.36. The molecule has 0 amide bonds. The van der Waals surface area contributed by atoms with Crippen molar-refractivity contribution in [2.75, 3.05) is 13.1 Å². The monoisotopic (exact) mass is 213 g/mol. The maximum Gasteiger partial charge on any atom is 0.1000 e. The van der Waals surface area contributed by atoms with E-state index in [0.717, 1.165) is 12.1 Å². The minimum Gasteiger partial charge on any atom is -0.384 e. The van der Waals surface area contributed by atoms with Crippen molar-refractivity contribution in [2.24, 2.45) is 5.92 Å². The number of hydrogen-bond acceptors (Lipinski definition) is 3. The second-order valence-electron chi connectivity index (χ2n) is 4.31. The number of hydrogen-bond donors (Lipinski definition) is 2. The number of rotatable bonds is 5. The van der Waals surface area contributed by atoms with Gasteiger partial charge < -0.3 is 10.4 Å². The van der Waals surface area contributed by atoms with E-state index in [4.69, 9.17) is 0 Å². The summed E-state index contributed by atoms with van der Waals surface area (Å²) in [5.41, 5.74) is 0.258. The van der Waals surface area contributed by atoms with Gasteiger partial charge in [-0.3, -0.25) is 0 Å². The molecule has 1 atom stereocenters. The van der Waals surface area contributed by atoms with Crippen molar-refractivity contribution >= 4 is 11.3 Å². The van der Waals surface area contributed by atoms with Gasteiger partial charge in [0, 0.05) is 6.54 Å². The van der Waals surface area contributed by atoms with Crippen LogP contribution in [0.1, 0.15) is 26.3 Å². The van der Waals surface area contributed by atoms with Crippen molar-refractivity contribution in [3.05, 3.63) is 22.4 Å². The van der Waals surface area contributed by atoms with E-state index in [2.05, 4.69) is 19.2 Å². The molecule has 2 nitrogen and oxygen atoms in total.